The van der Waals surface area contributed by atoms with Crippen molar-refractivity contribution in [3.63, 3.8) is 0 Å². The Balaban J connectivity index is 1.95. The molecule has 0 fully saturated rings. The molecule has 0 unspecified atom stereocenters. The molecule has 0 aromatic heterocycles. The molecule has 1 N–H and O–H groups in total. The minimum Gasteiger partial charge on any atom is -0.492 e. The van der Waals surface area contributed by atoms with E-state index in [0.29, 0.717) is 10.4 Å². The van der Waals surface area contributed by atoms with Gasteiger partial charge in [0.2, 0.25) is 10.0 Å². The molecule has 0 radical (unpaired) electrons. The zero-order valence-corrected chi connectivity index (χ0v) is 15.5. The van der Waals surface area contributed by atoms with Crippen LogP contribution >= 0.6 is 15.9 Å². The van der Waals surface area contributed by atoms with Crippen molar-refractivity contribution in [2.75, 3.05) is 13.2 Å². The van der Waals surface area contributed by atoms with Crippen LogP contribution in [0.4, 0.5) is 0 Å². The quantitative estimate of drug-likeness (QED) is 0.719. The number of para-hydroxylation sites is 1. The molecule has 0 spiro atoms. The summed E-state index contributed by atoms with van der Waals surface area (Å²) in [6, 6.07) is 14.5. The van der Waals surface area contributed by atoms with E-state index in [4.69, 9.17) is 4.74 Å². The second-order valence-corrected chi connectivity index (χ2v) is 7.96. The molecule has 0 aliphatic heterocycles. The fraction of sp³-hybridized carbons (Fsp3) is 0.294. The SMILES string of the molecule is CC(C)c1ccccc1OCCNS(=O)(=O)c1ccccc1Br. The highest BCUT2D eigenvalue weighted by Crippen LogP contribution is 2.25. The number of halogens is 1. The predicted octanol–water partition coefficient (Wildman–Crippen LogP) is 3.93. The summed E-state index contributed by atoms with van der Waals surface area (Å²) in [6.07, 6.45) is 0. The first-order valence-corrected chi connectivity index (χ1v) is 9.65. The van der Waals surface area contributed by atoms with Crippen LogP contribution in [0.15, 0.2) is 57.9 Å². The first kappa shape index (κ1) is 18.0. The summed E-state index contributed by atoms with van der Waals surface area (Å²) >= 11 is 3.25. The normalized spacial score (nSPS) is 11.7. The van der Waals surface area contributed by atoms with Crippen molar-refractivity contribution in [1.29, 1.82) is 0 Å². The van der Waals surface area contributed by atoms with E-state index >= 15 is 0 Å². The Hall–Kier alpha value is -1.37. The molecule has 0 saturated carbocycles. The number of ether oxygens (including phenoxy) is 1. The van der Waals surface area contributed by atoms with E-state index in [9.17, 15) is 8.42 Å². The monoisotopic (exact) mass is 397 g/mol. The number of sulfonamides is 1. The Morgan fingerprint density at radius 2 is 1.74 bits per heavy atom. The minimum absolute atomic E-state index is 0.204. The fourth-order valence-electron chi connectivity index (χ4n) is 2.17. The lowest BCUT2D eigenvalue weighted by Crippen LogP contribution is -2.28. The summed E-state index contributed by atoms with van der Waals surface area (Å²) < 4.78 is 33.3. The smallest absolute Gasteiger partial charge is 0.241 e. The highest BCUT2D eigenvalue weighted by Gasteiger charge is 2.16. The van der Waals surface area contributed by atoms with Gasteiger partial charge >= 0.3 is 0 Å². The topological polar surface area (TPSA) is 55.4 Å². The van der Waals surface area contributed by atoms with E-state index in [-0.39, 0.29) is 18.0 Å². The molecule has 0 aliphatic rings. The predicted molar refractivity (Wildman–Crippen MR) is 95.4 cm³/mol. The summed E-state index contributed by atoms with van der Waals surface area (Å²) in [7, 11) is -3.55. The molecule has 2 rings (SSSR count). The van der Waals surface area contributed by atoms with Crippen molar-refractivity contribution in [2.24, 2.45) is 0 Å². The maximum atomic E-state index is 12.2. The second kappa shape index (κ2) is 7.95. The Morgan fingerprint density at radius 3 is 2.43 bits per heavy atom. The van der Waals surface area contributed by atoms with Crippen LogP contribution in [0.1, 0.15) is 25.3 Å². The van der Waals surface area contributed by atoms with E-state index < -0.39 is 10.0 Å². The van der Waals surface area contributed by atoms with Crippen LogP contribution < -0.4 is 9.46 Å². The van der Waals surface area contributed by atoms with Crippen LogP contribution in [-0.4, -0.2) is 21.6 Å². The molecule has 0 atom stereocenters. The lowest BCUT2D eigenvalue weighted by molar-refractivity contribution is 0.318. The van der Waals surface area contributed by atoms with Crippen molar-refractivity contribution >= 4 is 26.0 Å². The molecule has 2 aromatic rings. The minimum atomic E-state index is -3.55. The highest BCUT2D eigenvalue weighted by atomic mass is 79.9. The Kier molecular flexibility index (Phi) is 6.21. The van der Waals surface area contributed by atoms with Crippen LogP contribution in [0, 0.1) is 0 Å². The van der Waals surface area contributed by atoms with Crippen LogP contribution in [0.25, 0.3) is 0 Å². The summed E-state index contributed by atoms with van der Waals surface area (Å²) in [4.78, 5) is 0.225. The molecule has 4 nitrogen and oxygen atoms in total. The summed E-state index contributed by atoms with van der Waals surface area (Å²) in [5, 5.41) is 0. The Bertz CT molecular complexity index is 760. The maximum Gasteiger partial charge on any atom is 0.241 e. The van der Waals surface area contributed by atoms with Crippen LogP contribution in [0.3, 0.4) is 0 Å². The van der Waals surface area contributed by atoms with Crippen LogP contribution in [-0.2, 0) is 10.0 Å². The van der Waals surface area contributed by atoms with Gasteiger partial charge in [-0.2, -0.15) is 0 Å². The van der Waals surface area contributed by atoms with Gasteiger partial charge in [-0.15, -0.1) is 0 Å². The van der Waals surface area contributed by atoms with Gasteiger partial charge in [0.05, 0.1) is 4.90 Å². The molecule has 23 heavy (non-hydrogen) atoms. The van der Waals surface area contributed by atoms with Gasteiger partial charge in [0.25, 0.3) is 0 Å². The number of benzene rings is 2. The number of hydrogen-bond acceptors (Lipinski definition) is 3. The van der Waals surface area contributed by atoms with E-state index in [1.54, 1.807) is 24.3 Å². The molecule has 124 valence electrons. The zero-order valence-electron chi connectivity index (χ0n) is 13.1. The molecule has 0 aliphatic carbocycles. The third-order valence-corrected chi connectivity index (χ3v) is 5.79. The van der Waals surface area contributed by atoms with Crippen LogP contribution in [0.5, 0.6) is 5.75 Å². The van der Waals surface area contributed by atoms with Gasteiger partial charge in [-0.1, -0.05) is 44.2 Å². The molecule has 2 aromatic carbocycles. The molecule has 0 heterocycles. The summed E-state index contributed by atoms with van der Waals surface area (Å²) in [6.45, 7) is 4.67. The van der Waals surface area contributed by atoms with Gasteiger partial charge in [0.15, 0.2) is 0 Å². The molecule has 0 bridgehead atoms. The van der Waals surface area contributed by atoms with Crippen molar-refractivity contribution in [3.05, 3.63) is 58.6 Å². The number of hydrogen-bond donors (Lipinski definition) is 1. The molecule has 0 amide bonds. The van der Waals surface area contributed by atoms with Gasteiger partial charge in [-0.05, 0) is 45.6 Å². The lowest BCUT2D eigenvalue weighted by atomic mass is 10.0. The Morgan fingerprint density at radius 1 is 1.09 bits per heavy atom. The average Bonchev–Trinajstić information content (AvgIpc) is 2.52. The number of rotatable bonds is 7. The highest BCUT2D eigenvalue weighted by molar-refractivity contribution is 9.10. The van der Waals surface area contributed by atoms with Crippen molar-refractivity contribution < 1.29 is 13.2 Å². The van der Waals surface area contributed by atoms with E-state index in [1.807, 2.05) is 24.3 Å². The molecular weight excluding hydrogens is 378 g/mol. The Labute approximate surface area is 146 Å². The standard InChI is InChI=1S/C17H20BrNO3S/c1-13(2)14-7-3-5-9-16(14)22-12-11-19-23(20,21)17-10-6-4-8-15(17)18/h3-10,13,19H,11-12H2,1-2H3. The molecule has 6 heteroatoms. The third kappa shape index (κ3) is 4.80. The van der Waals surface area contributed by atoms with Crippen molar-refractivity contribution in [1.82, 2.24) is 4.72 Å². The molecule has 0 saturated heterocycles. The van der Waals surface area contributed by atoms with Gasteiger partial charge in [-0.3, -0.25) is 0 Å². The lowest BCUT2D eigenvalue weighted by Gasteiger charge is -2.14. The van der Waals surface area contributed by atoms with Gasteiger partial charge in [-0.25, -0.2) is 13.1 Å². The van der Waals surface area contributed by atoms with Gasteiger partial charge < -0.3 is 4.74 Å². The van der Waals surface area contributed by atoms with E-state index in [2.05, 4.69) is 34.5 Å². The first-order chi connectivity index (χ1) is 10.9. The average molecular weight is 398 g/mol. The summed E-state index contributed by atoms with van der Waals surface area (Å²) in [5.41, 5.74) is 1.11. The zero-order chi connectivity index (χ0) is 16.9. The number of nitrogens with one attached hydrogen (secondary N) is 1. The largest absolute Gasteiger partial charge is 0.492 e. The van der Waals surface area contributed by atoms with Crippen molar-refractivity contribution in [2.45, 2.75) is 24.7 Å². The van der Waals surface area contributed by atoms with Crippen molar-refractivity contribution in [3.8, 4) is 5.75 Å². The molecular formula is C17H20BrNO3S. The third-order valence-electron chi connectivity index (χ3n) is 3.32. The van der Waals surface area contributed by atoms with Gasteiger partial charge in [0, 0.05) is 11.0 Å². The first-order valence-electron chi connectivity index (χ1n) is 7.37. The second-order valence-electron chi connectivity index (χ2n) is 5.37. The maximum absolute atomic E-state index is 12.2. The summed E-state index contributed by atoms with van der Waals surface area (Å²) in [5.74, 6) is 1.14. The van der Waals surface area contributed by atoms with Crippen LogP contribution in [0.2, 0.25) is 0 Å². The van der Waals surface area contributed by atoms with E-state index in [0.717, 1.165) is 11.3 Å². The fourth-order valence-corrected chi connectivity index (χ4v) is 4.18. The van der Waals surface area contributed by atoms with Gasteiger partial charge in [0.1, 0.15) is 12.4 Å². The van der Waals surface area contributed by atoms with E-state index in [1.165, 1.54) is 0 Å².